The molecule has 1 fully saturated rings. The minimum Gasteiger partial charge on any atom is -0.474 e. The van der Waals surface area contributed by atoms with Crippen molar-refractivity contribution in [2.24, 2.45) is 0 Å². The van der Waals surface area contributed by atoms with Gasteiger partial charge in [0.25, 0.3) is 5.91 Å². The molecule has 0 radical (unpaired) electrons. The van der Waals surface area contributed by atoms with Gasteiger partial charge in [0, 0.05) is 36.6 Å². The van der Waals surface area contributed by atoms with E-state index in [9.17, 15) is 9.59 Å². The van der Waals surface area contributed by atoms with Crippen LogP contribution in [0.5, 0.6) is 5.88 Å². The number of imidazole rings is 1. The number of halogens is 1. The Morgan fingerprint density at radius 2 is 1.95 bits per heavy atom. The summed E-state index contributed by atoms with van der Waals surface area (Å²) in [6.07, 6.45) is 9.50. The first-order chi connectivity index (χ1) is 21.4. The van der Waals surface area contributed by atoms with Crippen LogP contribution in [-0.2, 0) is 11.2 Å². The summed E-state index contributed by atoms with van der Waals surface area (Å²) in [6.45, 7) is 2.19. The molecule has 228 valence electrons. The van der Waals surface area contributed by atoms with Gasteiger partial charge in [0.1, 0.15) is 12.1 Å². The fourth-order valence-electron chi connectivity index (χ4n) is 6.49. The molecule has 1 saturated carbocycles. The highest BCUT2D eigenvalue weighted by molar-refractivity contribution is 9.10. The first-order valence-corrected chi connectivity index (χ1v) is 16.1. The Kier molecular flexibility index (Phi) is 7.75. The Morgan fingerprint density at radius 1 is 1.14 bits per heavy atom. The third-order valence-electron chi connectivity index (χ3n) is 9.06. The summed E-state index contributed by atoms with van der Waals surface area (Å²) >= 11 is 3.55. The Bertz CT molecular complexity index is 1740. The Labute approximate surface area is 264 Å². The second kappa shape index (κ2) is 11.9. The average molecular weight is 659 g/mol. The zero-order chi connectivity index (χ0) is 30.4. The van der Waals surface area contributed by atoms with Crippen LogP contribution in [0.15, 0.2) is 59.4 Å². The number of benzene rings is 2. The van der Waals surface area contributed by atoms with Crippen molar-refractivity contribution in [2.75, 3.05) is 46.9 Å². The molecular formula is C33H36BrN7O3. The maximum absolute atomic E-state index is 14.3. The zero-order valence-corrected chi connectivity index (χ0v) is 26.6. The van der Waals surface area contributed by atoms with Crippen molar-refractivity contribution < 1.29 is 14.3 Å². The first kappa shape index (κ1) is 28.8. The molecule has 2 aromatic carbocycles. The highest BCUT2D eigenvalue weighted by Crippen LogP contribution is 2.41. The van der Waals surface area contributed by atoms with Crippen LogP contribution in [0.4, 0.5) is 0 Å². The number of amides is 2. The van der Waals surface area contributed by atoms with E-state index < -0.39 is 6.04 Å². The number of H-pyrrole nitrogens is 1. The standard InChI is InChI=1S/C33H36BrN7O3/c1-38(2)15-4-7-28(42)39-17-18-44-32-29-26(41(37-32)23-10-8-22(9-11-23)21-5-3-6-21)14-16-40(27(29)19-39)33(43)24-12-13-25(34)31-30(24)35-20-36-31/h4,7-13,20-21,27H,3,5-6,14-19H2,1-2H3,(H,35,36)/b7-4+/t27-/m1/s1. The second-order valence-electron chi connectivity index (χ2n) is 12.1. The average Bonchev–Trinajstić information content (AvgIpc) is 3.61. The molecule has 0 bridgehead atoms. The van der Waals surface area contributed by atoms with Crippen molar-refractivity contribution in [3.63, 3.8) is 0 Å². The number of carbonyl (C=O) groups excluding carboxylic acids is 2. The largest absolute Gasteiger partial charge is 0.474 e. The van der Waals surface area contributed by atoms with Crippen LogP contribution in [0.2, 0.25) is 0 Å². The molecule has 0 spiro atoms. The number of hydrogen-bond acceptors (Lipinski definition) is 6. The molecular weight excluding hydrogens is 622 g/mol. The lowest BCUT2D eigenvalue weighted by atomic mass is 9.80. The Morgan fingerprint density at radius 3 is 2.70 bits per heavy atom. The van der Waals surface area contributed by atoms with Crippen LogP contribution in [0.25, 0.3) is 16.7 Å². The van der Waals surface area contributed by atoms with Gasteiger partial charge in [-0.25, -0.2) is 9.67 Å². The molecule has 2 aromatic heterocycles. The number of aromatic nitrogens is 4. The van der Waals surface area contributed by atoms with Gasteiger partial charge in [0.05, 0.1) is 46.9 Å². The van der Waals surface area contributed by atoms with Crippen LogP contribution in [0.1, 0.15) is 58.4 Å². The van der Waals surface area contributed by atoms with Crippen LogP contribution in [0.3, 0.4) is 0 Å². The van der Waals surface area contributed by atoms with E-state index in [1.165, 1.54) is 24.8 Å². The van der Waals surface area contributed by atoms with Crippen LogP contribution in [-0.4, -0.2) is 93.1 Å². The summed E-state index contributed by atoms with van der Waals surface area (Å²) in [5.41, 5.74) is 6.17. The van der Waals surface area contributed by atoms with Crippen molar-refractivity contribution in [1.29, 1.82) is 0 Å². The summed E-state index contributed by atoms with van der Waals surface area (Å²) in [7, 11) is 3.93. The molecule has 4 heterocycles. The molecule has 44 heavy (non-hydrogen) atoms. The van der Waals surface area contributed by atoms with Crippen LogP contribution in [0, 0.1) is 0 Å². The van der Waals surface area contributed by atoms with Crippen molar-refractivity contribution in [3.05, 3.63) is 81.7 Å². The summed E-state index contributed by atoms with van der Waals surface area (Å²) in [4.78, 5) is 41.0. The lowest BCUT2D eigenvalue weighted by Gasteiger charge is -2.40. The van der Waals surface area contributed by atoms with Gasteiger partial charge < -0.3 is 24.4 Å². The number of rotatable bonds is 6. The van der Waals surface area contributed by atoms with Gasteiger partial charge in [-0.3, -0.25) is 9.59 Å². The number of nitrogens with one attached hydrogen (secondary N) is 1. The molecule has 2 amide bonds. The van der Waals surface area contributed by atoms with E-state index in [1.54, 1.807) is 17.3 Å². The van der Waals surface area contributed by atoms with Gasteiger partial charge in [-0.2, -0.15) is 0 Å². The van der Waals surface area contributed by atoms with E-state index in [1.807, 2.05) is 46.8 Å². The molecule has 7 rings (SSSR count). The number of carbonyl (C=O) groups is 2. The number of likely N-dealkylation sites (N-methyl/N-ethyl adjacent to an activating group) is 1. The number of nitrogens with zero attached hydrogens (tertiary/aromatic N) is 6. The summed E-state index contributed by atoms with van der Waals surface area (Å²) in [6, 6.07) is 11.9. The van der Waals surface area contributed by atoms with Crippen molar-refractivity contribution >= 4 is 38.8 Å². The van der Waals surface area contributed by atoms with Gasteiger partial charge in [0.15, 0.2) is 0 Å². The minimum atomic E-state index is -0.433. The maximum Gasteiger partial charge on any atom is 0.256 e. The van der Waals surface area contributed by atoms with Crippen molar-refractivity contribution in [3.8, 4) is 11.6 Å². The van der Waals surface area contributed by atoms with Gasteiger partial charge in [-0.15, -0.1) is 5.10 Å². The highest BCUT2D eigenvalue weighted by Gasteiger charge is 2.40. The molecule has 10 nitrogen and oxygen atoms in total. The van der Waals surface area contributed by atoms with Crippen molar-refractivity contribution in [2.45, 2.75) is 37.6 Å². The number of ether oxygens (including phenoxy) is 1. The third-order valence-corrected chi connectivity index (χ3v) is 9.70. The summed E-state index contributed by atoms with van der Waals surface area (Å²) < 4.78 is 9.07. The maximum atomic E-state index is 14.3. The predicted octanol–water partition coefficient (Wildman–Crippen LogP) is 4.86. The highest BCUT2D eigenvalue weighted by atomic mass is 79.9. The first-order valence-electron chi connectivity index (χ1n) is 15.3. The lowest BCUT2D eigenvalue weighted by Crippen LogP contribution is -2.48. The monoisotopic (exact) mass is 657 g/mol. The van der Waals surface area contributed by atoms with Gasteiger partial charge >= 0.3 is 0 Å². The molecule has 1 atom stereocenters. The van der Waals surface area contributed by atoms with E-state index in [0.717, 1.165) is 21.4 Å². The zero-order valence-electron chi connectivity index (χ0n) is 25.0. The van der Waals surface area contributed by atoms with E-state index in [4.69, 9.17) is 9.84 Å². The number of fused-ring (bicyclic) bond motifs is 1. The molecule has 0 unspecified atom stereocenters. The fourth-order valence-corrected chi connectivity index (χ4v) is 6.93. The summed E-state index contributed by atoms with van der Waals surface area (Å²) in [5.74, 6) is 0.963. The third kappa shape index (κ3) is 5.21. The number of aromatic amines is 1. The van der Waals surface area contributed by atoms with Gasteiger partial charge in [-0.1, -0.05) is 24.6 Å². The van der Waals surface area contributed by atoms with Crippen LogP contribution >= 0.6 is 15.9 Å². The van der Waals surface area contributed by atoms with E-state index in [-0.39, 0.29) is 11.8 Å². The number of hydrogen-bond donors (Lipinski definition) is 1. The molecule has 4 aromatic rings. The second-order valence-corrected chi connectivity index (χ2v) is 12.9. The van der Waals surface area contributed by atoms with Crippen molar-refractivity contribution in [1.82, 2.24) is 34.4 Å². The van der Waals surface area contributed by atoms with E-state index >= 15 is 0 Å². The quantitative estimate of drug-likeness (QED) is 0.298. The Hall–Kier alpha value is -3.96. The fraction of sp³-hybridized carbons (Fsp3) is 0.394. The molecule has 0 saturated heterocycles. The molecule has 3 aliphatic rings. The normalized spacial score (nSPS) is 18.7. The molecule has 1 N–H and O–H groups in total. The predicted molar refractivity (Wildman–Crippen MR) is 171 cm³/mol. The smallest absolute Gasteiger partial charge is 0.256 e. The summed E-state index contributed by atoms with van der Waals surface area (Å²) in [5, 5.41) is 4.96. The van der Waals surface area contributed by atoms with Gasteiger partial charge in [-0.05, 0) is 78.6 Å². The lowest BCUT2D eigenvalue weighted by molar-refractivity contribution is -0.127. The minimum absolute atomic E-state index is 0.100. The van der Waals surface area contributed by atoms with E-state index in [2.05, 4.69) is 50.2 Å². The molecule has 1 aliphatic carbocycles. The molecule has 2 aliphatic heterocycles. The van der Waals surface area contributed by atoms with Crippen LogP contribution < -0.4 is 4.74 Å². The molecule has 11 heteroatoms. The SMILES string of the molecule is CN(C)C/C=C/C(=O)N1CCOc2nn(-c3ccc(C4CCC4)cc3)c3c2[C@@H](C1)N(C(=O)c1ccc(Br)c2nc[nH]c12)CC3. The van der Waals surface area contributed by atoms with E-state index in [0.29, 0.717) is 67.6 Å². The van der Waals surface area contributed by atoms with Gasteiger partial charge in [0.2, 0.25) is 11.8 Å². The Balaban J connectivity index is 1.28. The topological polar surface area (TPSA) is 99.6 Å².